The average Bonchev–Trinajstić information content (AvgIpc) is 3.17. The van der Waals surface area contributed by atoms with Crippen LogP contribution in [0.15, 0.2) is 40.7 Å². The summed E-state index contributed by atoms with van der Waals surface area (Å²) in [6, 6.07) is 9.03. The lowest BCUT2D eigenvalue weighted by atomic mass is 10.2. The van der Waals surface area contributed by atoms with Crippen LogP contribution in [0.1, 0.15) is 10.4 Å². The van der Waals surface area contributed by atoms with Crippen molar-refractivity contribution in [2.24, 2.45) is 0 Å². The van der Waals surface area contributed by atoms with E-state index in [1.165, 1.54) is 30.3 Å². The molecule has 1 aliphatic heterocycles. The second-order valence-electron chi connectivity index (χ2n) is 5.92. The average molecular weight is 487 g/mol. The number of halogens is 2. The number of carbonyl (C=O) groups is 1. The van der Waals surface area contributed by atoms with Crippen molar-refractivity contribution < 1.29 is 22.7 Å². The number of hydrogen-bond donors (Lipinski definition) is 2. The summed E-state index contributed by atoms with van der Waals surface area (Å²) >= 11 is 12.5. The monoisotopic (exact) mass is 486 g/mol. The molecule has 4 rings (SSSR count). The van der Waals surface area contributed by atoms with Crippen molar-refractivity contribution in [1.29, 1.82) is 0 Å². The first-order valence-corrected chi connectivity index (χ1v) is 11.4. The van der Waals surface area contributed by atoms with Crippen molar-refractivity contribution in [2.75, 3.05) is 23.3 Å². The molecule has 2 N–H and O–H groups in total. The molecule has 2 aromatic carbocycles. The number of rotatable bonds is 5. The third-order valence-corrected chi connectivity index (χ3v) is 6.96. The second-order valence-corrected chi connectivity index (χ2v) is 9.59. The molecule has 1 amide bonds. The molecule has 30 heavy (non-hydrogen) atoms. The van der Waals surface area contributed by atoms with Gasteiger partial charge >= 0.3 is 0 Å². The number of ether oxygens (including phenoxy) is 2. The number of anilines is 2. The minimum Gasteiger partial charge on any atom is -0.486 e. The normalized spacial score (nSPS) is 13.0. The van der Waals surface area contributed by atoms with Crippen molar-refractivity contribution in [3.63, 3.8) is 0 Å². The third-order valence-electron chi connectivity index (χ3n) is 3.83. The lowest BCUT2D eigenvalue weighted by Gasteiger charge is -2.18. The van der Waals surface area contributed by atoms with E-state index in [0.29, 0.717) is 41.1 Å². The first kappa shape index (κ1) is 20.7. The fraction of sp³-hybridized carbons (Fsp3) is 0.118. The second kappa shape index (κ2) is 8.26. The fourth-order valence-electron chi connectivity index (χ4n) is 2.51. The van der Waals surface area contributed by atoms with Crippen LogP contribution in [0.4, 0.5) is 10.8 Å². The standard InChI is InChI=1S/C17H12Cl2N4O5S2/c18-9-1-3-11(12(19)7-9)15(24)20-16-21-22-17(29-16)30(25,26)23-10-2-4-13-14(8-10)28-6-5-27-13/h1-4,7-8,23H,5-6H2,(H,20,21,24). The Morgan fingerprint density at radius 3 is 2.57 bits per heavy atom. The summed E-state index contributed by atoms with van der Waals surface area (Å²) in [6.07, 6.45) is 0. The quantitative estimate of drug-likeness (QED) is 0.527. The molecule has 1 aliphatic rings. The summed E-state index contributed by atoms with van der Waals surface area (Å²) in [4.78, 5) is 12.3. The summed E-state index contributed by atoms with van der Waals surface area (Å²) < 4.78 is 38.1. The Kier molecular flexibility index (Phi) is 5.69. The Bertz CT molecular complexity index is 1230. The Morgan fingerprint density at radius 1 is 1.03 bits per heavy atom. The first-order valence-electron chi connectivity index (χ1n) is 8.34. The van der Waals surface area contributed by atoms with E-state index in [1.54, 1.807) is 6.07 Å². The smallest absolute Gasteiger partial charge is 0.291 e. The van der Waals surface area contributed by atoms with Gasteiger partial charge in [-0.1, -0.05) is 34.5 Å². The van der Waals surface area contributed by atoms with Gasteiger partial charge in [0.05, 0.1) is 16.3 Å². The van der Waals surface area contributed by atoms with Gasteiger partial charge in [0.1, 0.15) is 13.2 Å². The highest BCUT2D eigenvalue weighted by molar-refractivity contribution is 7.94. The van der Waals surface area contributed by atoms with Crippen molar-refractivity contribution >= 4 is 61.3 Å². The predicted molar refractivity (Wildman–Crippen MR) is 113 cm³/mol. The number of amides is 1. The topological polar surface area (TPSA) is 120 Å². The summed E-state index contributed by atoms with van der Waals surface area (Å²) in [5.41, 5.74) is 0.433. The van der Waals surface area contributed by atoms with Crippen LogP contribution >= 0.6 is 34.5 Å². The molecule has 0 unspecified atom stereocenters. The van der Waals surface area contributed by atoms with Gasteiger partial charge in [-0.3, -0.25) is 14.8 Å². The molecule has 0 bridgehead atoms. The van der Waals surface area contributed by atoms with Crippen LogP contribution in [0.25, 0.3) is 0 Å². The molecule has 0 radical (unpaired) electrons. The largest absolute Gasteiger partial charge is 0.486 e. The molecule has 1 aromatic heterocycles. The molecular formula is C17H12Cl2N4O5S2. The van der Waals surface area contributed by atoms with E-state index >= 15 is 0 Å². The number of carbonyl (C=O) groups excluding carboxylic acids is 1. The van der Waals surface area contributed by atoms with Crippen LogP contribution < -0.4 is 19.5 Å². The van der Waals surface area contributed by atoms with Crippen molar-refractivity contribution in [1.82, 2.24) is 10.2 Å². The molecule has 0 spiro atoms. The maximum Gasteiger partial charge on any atom is 0.291 e. The minimum absolute atomic E-state index is 0.00596. The highest BCUT2D eigenvalue weighted by Crippen LogP contribution is 2.33. The molecular weight excluding hydrogens is 475 g/mol. The number of fused-ring (bicyclic) bond motifs is 1. The van der Waals surface area contributed by atoms with Gasteiger partial charge in [-0.05, 0) is 30.3 Å². The number of sulfonamides is 1. The first-order chi connectivity index (χ1) is 14.3. The molecule has 13 heteroatoms. The highest BCUT2D eigenvalue weighted by atomic mass is 35.5. The summed E-state index contributed by atoms with van der Waals surface area (Å²) in [6.45, 7) is 0.804. The molecule has 3 aromatic rings. The van der Waals surface area contributed by atoms with Crippen molar-refractivity contribution in [3.8, 4) is 11.5 Å². The van der Waals surface area contributed by atoms with Gasteiger partial charge in [0, 0.05) is 11.1 Å². The van der Waals surface area contributed by atoms with Gasteiger partial charge < -0.3 is 9.47 Å². The van der Waals surface area contributed by atoms with Crippen LogP contribution in [0.2, 0.25) is 10.0 Å². The van der Waals surface area contributed by atoms with E-state index in [2.05, 4.69) is 20.2 Å². The number of aromatic nitrogens is 2. The Balaban J connectivity index is 1.49. The maximum atomic E-state index is 12.6. The zero-order valence-electron chi connectivity index (χ0n) is 14.9. The van der Waals surface area contributed by atoms with Crippen molar-refractivity contribution in [2.45, 2.75) is 4.34 Å². The molecule has 0 fully saturated rings. The van der Waals surface area contributed by atoms with Gasteiger partial charge in [-0.15, -0.1) is 10.2 Å². The fourth-order valence-corrected chi connectivity index (χ4v) is 4.95. The minimum atomic E-state index is -4.03. The molecule has 2 heterocycles. The van der Waals surface area contributed by atoms with Crippen LogP contribution in [0.3, 0.4) is 0 Å². The van der Waals surface area contributed by atoms with E-state index in [-0.39, 0.29) is 25.7 Å². The SMILES string of the molecule is O=C(Nc1nnc(S(=O)(=O)Nc2ccc3c(c2)OCCO3)s1)c1ccc(Cl)cc1Cl. The number of benzene rings is 2. The lowest BCUT2D eigenvalue weighted by Crippen LogP contribution is -2.16. The molecule has 0 saturated heterocycles. The zero-order chi connectivity index (χ0) is 21.3. The number of nitrogens with one attached hydrogen (secondary N) is 2. The molecule has 0 aliphatic carbocycles. The van der Waals surface area contributed by atoms with Crippen LogP contribution in [-0.4, -0.2) is 37.7 Å². The van der Waals surface area contributed by atoms with Gasteiger partial charge in [-0.2, -0.15) is 8.42 Å². The predicted octanol–water partition coefficient (Wildman–Crippen LogP) is 3.67. The van der Waals surface area contributed by atoms with Gasteiger partial charge in [0.15, 0.2) is 11.5 Å². The van der Waals surface area contributed by atoms with E-state index in [9.17, 15) is 13.2 Å². The van der Waals surface area contributed by atoms with Crippen LogP contribution in [0.5, 0.6) is 11.5 Å². The molecule has 0 saturated carbocycles. The van der Waals surface area contributed by atoms with Gasteiger partial charge in [0.2, 0.25) is 5.13 Å². The molecule has 0 atom stereocenters. The number of nitrogens with zero attached hydrogens (tertiary/aromatic N) is 2. The third kappa shape index (κ3) is 4.43. The van der Waals surface area contributed by atoms with Gasteiger partial charge in [0.25, 0.3) is 20.3 Å². The van der Waals surface area contributed by atoms with Crippen LogP contribution in [-0.2, 0) is 10.0 Å². The summed E-state index contributed by atoms with van der Waals surface area (Å²) in [5.74, 6) is 0.397. The lowest BCUT2D eigenvalue weighted by molar-refractivity contribution is 0.102. The Hall–Kier alpha value is -2.60. The van der Waals surface area contributed by atoms with E-state index < -0.39 is 15.9 Å². The van der Waals surface area contributed by atoms with E-state index in [0.717, 1.165) is 0 Å². The van der Waals surface area contributed by atoms with Crippen molar-refractivity contribution in [3.05, 3.63) is 52.0 Å². The summed E-state index contributed by atoms with van der Waals surface area (Å²) in [5, 5.41) is 10.3. The maximum absolute atomic E-state index is 12.6. The van der Waals surface area contributed by atoms with Crippen LogP contribution in [0, 0.1) is 0 Å². The number of hydrogen-bond acceptors (Lipinski definition) is 8. The molecule has 9 nitrogen and oxygen atoms in total. The zero-order valence-corrected chi connectivity index (χ0v) is 18.0. The Labute approximate surface area is 185 Å². The van der Waals surface area contributed by atoms with E-state index in [1.807, 2.05) is 0 Å². The van der Waals surface area contributed by atoms with E-state index in [4.69, 9.17) is 32.7 Å². The highest BCUT2D eigenvalue weighted by Gasteiger charge is 2.23. The molecule has 156 valence electrons. The summed E-state index contributed by atoms with van der Waals surface area (Å²) in [7, 11) is -4.03. The Morgan fingerprint density at radius 2 is 1.80 bits per heavy atom. The van der Waals surface area contributed by atoms with Gasteiger partial charge in [-0.25, -0.2) is 0 Å².